The number of carbonyl (C=O) groups excluding carboxylic acids is 1. The Kier molecular flexibility index (Phi) is 16.1. The van der Waals surface area contributed by atoms with Gasteiger partial charge in [0, 0.05) is 6.08 Å². The molecule has 31 heavy (non-hydrogen) atoms. The molecule has 0 fully saturated rings. The highest BCUT2D eigenvalue weighted by Crippen LogP contribution is 2.13. The summed E-state index contributed by atoms with van der Waals surface area (Å²) < 4.78 is 1.07. The molecule has 0 atom stereocenters. The van der Waals surface area contributed by atoms with Crippen LogP contribution in [-0.2, 0) is 4.79 Å². The average molecular weight is 432 g/mol. The summed E-state index contributed by atoms with van der Waals surface area (Å²) in [6.07, 6.45) is 15.3. The van der Waals surface area contributed by atoms with Crippen LogP contribution in [0.1, 0.15) is 93.9 Å². The van der Waals surface area contributed by atoms with Gasteiger partial charge in [0.25, 0.3) is 0 Å². The molecule has 0 saturated carbocycles. The van der Waals surface area contributed by atoms with Gasteiger partial charge < -0.3 is 9.80 Å². The summed E-state index contributed by atoms with van der Waals surface area (Å²) in [5, 5.41) is 3.07. The molecular weight excluding hydrogens is 380 g/mol. The van der Waals surface area contributed by atoms with Gasteiger partial charge in [-0.25, -0.2) is 0 Å². The van der Waals surface area contributed by atoms with Crippen LogP contribution in [-0.4, -0.2) is 43.1 Å². The fraction of sp³-hybridized carbons (Fsp3) is 0.679. The molecule has 0 saturated heterocycles. The largest absolute Gasteiger partial charge is 0.347 e. The van der Waals surface area contributed by atoms with E-state index in [4.69, 9.17) is 0 Å². The molecule has 0 rings (SSSR count). The van der Waals surface area contributed by atoms with E-state index < -0.39 is 0 Å². The van der Waals surface area contributed by atoms with E-state index >= 15 is 0 Å². The maximum Gasteiger partial charge on any atom is 0.244 e. The molecule has 0 aromatic carbocycles. The van der Waals surface area contributed by atoms with Crippen LogP contribution in [0.15, 0.2) is 46.6 Å². The van der Waals surface area contributed by atoms with Crippen LogP contribution >= 0.6 is 0 Å². The van der Waals surface area contributed by atoms with E-state index in [1.54, 1.807) is 6.08 Å². The van der Waals surface area contributed by atoms with Gasteiger partial charge in [0.15, 0.2) is 0 Å². The summed E-state index contributed by atoms with van der Waals surface area (Å²) in [5.41, 5.74) is 5.49. The normalized spacial score (nSPS) is 13.4. The number of hydrogen-bond acceptors (Lipinski definition) is 1. The van der Waals surface area contributed by atoms with Crippen molar-refractivity contribution in [3.05, 3.63) is 46.6 Å². The molecular formula is C28H51N2O+. The Bertz CT molecular complexity index is 621. The predicted molar refractivity (Wildman–Crippen MR) is 138 cm³/mol. The van der Waals surface area contributed by atoms with Crippen molar-refractivity contribution in [2.24, 2.45) is 0 Å². The molecule has 3 heteroatoms. The topological polar surface area (TPSA) is 29.1 Å². The van der Waals surface area contributed by atoms with E-state index in [0.29, 0.717) is 0 Å². The maximum atomic E-state index is 12.2. The van der Waals surface area contributed by atoms with E-state index in [1.807, 2.05) is 0 Å². The number of amides is 1. The second kappa shape index (κ2) is 17.0. The standard InChI is InChI=1S/C28H50N2O/c1-9-30(10-2,11-3)22-21-29-28(31)23-27(8)20-14-19-26(7)18-13-17-25(6)16-12-15-24(4)5/h15,17,19,23H,9-14,16,18,20-22H2,1-8H3/p+1/b25-17+,26-19+,27-23+. The molecule has 0 bridgehead atoms. The zero-order valence-electron chi connectivity index (χ0n) is 21.9. The Morgan fingerprint density at radius 3 is 1.61 bits per heavy atom. The van der Waals surface area contributed by atoms with Crippen molar-refractivity contribution in [3.63, 3.8) is 0 Å². The van der Waals surface area contributed by atoms with Crippen molar-refractivity contribution in [2.45, 2.75) is 93.9 Å². The van der Waals surface area contributed by atoms with E-state index in [-0.39, 0.29) is 5.91 Å². The Hall–Kier alpha value is -1.61. The van der Waals surface area contributed by atoms with Gasteiger partial charge in [0.05, 0.1) is 32.7 Å². The number of allylic oxidation sites excluding steroid dienone is 7. The second-order valence-corrected chi connectivity index (χ2v) is 9.29. The number of rotatable bonds is 16. The second-order valence-electron chi connectivity index (χ2n) is 9.29. The van der Waals surface area contributed by atoms with Gasteiger partial charge in [-0.05, 0) is 93.9 Å². The molecule has 1 N–H and O–H groups in total. The smallest absolute Gasteiger partial charge is 0.244 e. The SMILES string of the molecule is CC[N+](CC)(CC)CCNC(=O)/C=C(\C)CC/C=C(\C)CC/C=C(\C)CCC=C(C)C. The van der Waals surface area contributed by atoms with Crippen molar-refractivity contribution in [2.75, 3.05) is 32.7 Å². The van der Waals surface area contributed by atoms with Crippen molar-refractivity contribution >= 4 is 5.91 Å². The van der Waals surface area contributed by atoms with Crippen LogP contribution in [0.4, 0.5) is 0 Å². The van der Waals surface area contributed by atoms with E-state index in [1.165, 1.54) is 16.7 Å². The third kappa shape index (κ3) is 14.9. The van der Waals surface area contributed by atoms with Crippen LogP contribution in [0.3, 0.4) is 0 Å². The fourth-order valence-electron chi connectivity index (χ4n) is 3.79. The highest BCUT2D eigenvalue weighted by atomic mass is 16.1. The van der Waals surface area contributed by atoms with Gasteiger partial charge in [0.1, 0.15) is 0 Å². The minimum absolute atomic E-state index is 0.0494. The lowest BCUT2D eigenvalue weighted by Gasteiger charge is -2.35. The van der Waals surface area contributed by atoms with Crippen molar-refractivity contribution < 1.29 is 9.28 Å². The average Bonchev–Trinajstić information content (AvgIpc) is 2.71. The Morgan fingerprint density at radius 1 is 0.710 bits per heavy atom. The minimum Gasteiger partial charge on any atom is -0.347 e. The number of likely N-dealkylation sites (N-methyl/N-ethyl adjacent to an activating group) is 1. The zero-order chi connectivity index (χ0) is 23.7. The number of quaternary nitrogens is 1. The fourth-order valence-corrected chi connectivity index (χ4v) is 3.79. The lowest BCUT2D eigenvalue weighted by molar-refractivity contribution is -0.922. The monoisotopic (exact) mass is 431 g/mol. The van der Waals surface area contributed by atoms with E-state index in [9.17, 15) is 4.79 Å². The van der Waals surface area contributed by atoms with Gasteiger partial charge in [-0.2, -0.15) is 0 Å². The molecule has 3 nitrogen and oxygen atoms in total. The minimum atomic E-state index is 0.0494. The maximum absolute atomic E-state index is 12.2. The Labute approximate surface area is 194 Å². The molecule has 178 valence electrons. The van der Waals surface area contributed by atoms with Crippen LogP contribution < -0.4 is 5.32 Å². The van der Waals surface area contributed by atoms with E-state index in [0.717, 1.165) is 81.3 Å². The summed E-state index contributed by atoms with van der Waals surface area (Å²) in [7, 11) is 0. The summed E-state index contributed by atoms with van der Waals surface area (Å²) >= 11 is 0. The lowest BCUT2D eigenvalue weighted by atomic mass is 10.0. The predicted octanol–water partition coefficient (Wildman–Crippen LogP) is 7.12. The Balaban J connectivity index is 4.24. The van der Waals surface area contributed by atoms with Crippen LogP contribution in [0.5, 0.6) is 0 Å². The first-order valence-corrected chi connectivity index (χ1v) is 12.4. The van der Waals surface area contributed by atoms with Crippen molar-refractivity contribution in [1.29, 1.82) is 0 Å². The molecule has 0 aliphatic rings. The first-order chi connectivity index (χ1) is 14.7. The van der Waals surface area contributed by atoms with Crippen LogP contribution in [0.2, 0.25) is 0 Å². The van der Waals surface area contributed by atoms with Gasteiger partial charge in [-0.1, -0.05) is 40.5 Å². The van der Waals surface area contributed by atoms with Gasteiger partial charge in [-0.15, -0.1) is 0 Å². The summed E-state index contributed by atoms with van der Waals surface area (Å²) in [4.78, 5) is 12.2. The molecule has 0 aromatic heterocycles. The third-order valence-corrected chi connectivity index (χ3v) is 6.43. The number of carbonyl (C=O) groups is 1. The molecule has 0 unspecified atom stereocenters. The van der Waals surface area contributed by atoms with Gasteiger partial charge >= 0.3 is 0 Å². The lowest BCUT2D eigenvalue weighted by Crippen LogP contribution is -2.51. The van der Waals surface area contributed by atoms with Crippen LogP contribution in [0.25, 0.3) is 0 Å². The number of nitrogens with one attached hydrogen (secondary N) is 1. The van der Waals surface area contributed by atoms with Crippen molar-refractivity contribution in [1.82, 2.24) is 5.32 Å². The highest BCUT2D eigenvalue weighted by Gasteiger charge is 2.19. The highest BCUT2D eigenvalue weighted by molar-refractivity contribution is 5.88. The summed E-state index contributed by atoms with van der Waals surface area (Å²) in [6, 6.07) is 0. The van der Waals surface area contributed by atoms with E-state index in [2.05, 4.69) is 78.9 Å². The zero-order valence-corrected chi connectivity index (χ0v) is 21.9. The third-order valence-electron chi connectivity index (χ3n) is 6.43. The molecule has 0 radical (unpaired) electrons. The quantitative estimate of drug-likeness (QED) is 0.157. The summed E-state index contributed by atoms with van der Waals surface area (Å²) in [5.74, 6) is 0.0494. The molecule has 0 spiro atoms. The number of nitrogens with zero attached hydrogens (tertiary/aromatic N) is 1. The molecule has 0 aliphatic carbocycles. The Morgan fingerprint density at radius 2 is 1.16 bits per heavy atom. The first-order valence-electron chi connectivity index (χ1n) is 12.4. The molecule has 0 heterocycles. The van der Waals surface area contributed by atoms with Crippen molar-refractivity contribution in [3.8, 4) is 0 Å². The first kappa shape index (κ1) is 29.4. The summed E-state index contributed by atoms with van der Waals surface area (Å²) in [6.45, 7) is 22.7. The number of hydrogen-bond donors (Lipinski definition) is 1. The molecule has 0 aromatic rings. The van der Waals surface area contributed by atoms with Crippen LogP contribution in [0, 0.1) is 0 Å². The molecule has 0 aliphatic heterocycles. The van der Waals surface area contributed by atoms with Gasteiger partial charge in [-0.3, -0.25) is 4.79 Å². The molecule has 1 amide bonds. The van der Waals surface area contributed by atoms with Gasteiger partial charge in [0.2, 0.25) is 5.91 Å².